The van der Waals surface area contributed by atoms with Crippen LogP contribution in [-0.2, 0) is 14.3 Å². The lowest BCUT2D eigenvalue weighted by Gasteiger charge is -2.17. The molecule has 1 amide bonds. The van der Waals surface area contributed by atoms with Gasteiger partial charge in [0.05, 0.1) is 18.8 Å². The number of amides is 1. The van der Waals surface area contributed by atoms with Crippen LogP contribution < -0.4 is 10.6 Å². The Morgan fingerprint density at radius 2 is 2.09 bits per heavy atom. The van der Waals surface area contributed by atoms with Crippen LogP contribution in [0, 0.1) is 24.6 Å². The summed E-state index contributed by atoms with van der Waals surface area (Å²) in [4.78, 5) is 30.2. The molecule has 1 aliphatic heterocycles. The molecule has 10 nitrogen and oxygen atoms in total. The van der Waals surface area contributed by atoms with E-state index in [1.807, 2.05) is 13.8 Å². The Morgan fingerprint density at radius 3 is 2.69 bits per heavy atom. The summed E-state index contributed by atoms with van der Waals surface area (Å²) in [5, 5.41) is 7.68. The molecule has 1 saturated heterocycles. The average molecular weight is 485 g/mol. The number of aromatic nitrogens is 3. The number of halogens is 1. The van der Waals surface area contributed by atoms with Gasteiger partial charge in [-0.15, -0.1) is 10.2 Å². The molecule has 11 heteroatoms. The molecule has 2 unspecified atom stereocenters. The quantitative estimate of drug-likeness (QED) is 0.482. The number of rotatable bonds is 8. The van der Waals surface area contributed by atoms with Gasteiger partial charge in [-0.05, 0) is 30.2 Å². The van der Waals surface area contributed by atoms with Crippen molar-refractivity contribution in [3.8, 4) is 22.7 Å². The van der Waals surface area contributed by atoms with Crippen molar-refractivity contribution in [2.45, 2.75) is 26.9 Å². The van der Waals surface area contributed by atoms with Crippen LogP contribution in [0.2, 0.25) is 0 Å². The summed E-state index contributed by atoms with van der Waals surface area (Å²) >= 11 is 0. The topological polar surface area (TPSA) is 135 Å². The fourth-order valence-electron chi connectivity index (χ4n) is 3.81. The number of aryl methyl sites for hydroxylation is 1. The predicted molar refractivity (Wildman–Crippen MR) is 122 cm³/mol. The molecule has 1 aliphatic rings. The second-order valence-corrected chi connectivity index (χ2v) is 8.61. The van der Waals surface area contributed by atoms with E-state index < -0.39 is 18.0 Å². The largest absolute Gasteiger partial charge is 0.461 e. The fraction of sp³-hybridized carbons (Fsp3) is 0.375. The predicted octanol–water partition coefficient (Wildman–Crippen LogP) is 2.63. The Bertz CT molecular complexity index is 1210. The van der Waals surface area contributed by atoms with Gasteiger partial charge in [-0.1, -0.05) is 19.9 Å². The van der Waals surface area contributed by atoms with E-state index in [2.05, 4.69) is 20.9 Å². The van der Waals surface area contributed by atoms with Gasteiger partial charge in [0.1, 0.15) is 24.0 Å². The molecule has 3 N–H and O–H groups in total. The van der Waals surface area contributed by atoms with E-state index in [0.29, 0.717) is 34.9 Å². The molecule has 4 rings (SSSR count). The number of anilines is 1. The zero-order valence-electron chi connectivity index (χ0n) is 19.7. The maximum atomic E-state index is 15.0. The average Bonchev–Trinajstić information content (AvgIpc) is 3.43. The molecule has 1 aromatic carbocycles. The second kappa shape index (κ2) is 10.2. The molecule has 0 saturated carbocycles. The third kappa shape index (κ3) is 5.29. The van der Waals surface area contributed by atoms with Crippen LogP contribution in [0.4, 0.5) is 14.9 Å². The normalized spacial score (nSPS) is 16.5. The standard InChI is InChI=1S/C24H26FN5O5/c1-13(2)19(9-26)23(31)33-12-17-11-30(24(32)35-17)16-5-6-18(20(25)8-16)15-4-7-21(27-10-15)22-29-28-14(3)34-22/h4-8,10,13,17,19H,9,11-12,26H2,1-3H3/p+1. The van der Waals surface area contributed by atoms with Crippen molar-refractivity contribution in [3.63, 3.8) is 0 Å². The summed E-state index contributed by atoms with van der Waals surface area (Å²) in [6.45, 7) is 6.02. The highest BCUT2D eigenvalue weighted by Crippen LogP contribution is 2.30. The van der Waals surface area contributed by atoms with Crippen molar-refractivity contribution in [2.75, 3.05) is 24.6 Å². The van der Waals surface area contributed by atoms with Crippen LogP contribution in [0.3, 0.4) is 0 Å². The Hall–Kier alpha value is -3.86. The van der Waals surface area contributed by atoms with Crippen LogP contribution in [0.5, 0.6) is 0 Å². The molecule has 35 heavy (non-hydrogen) atoms. The van der Waals surface area contributed by atoms with Gasteiger partial charge >= 0.3 is 12.1 Å². The Labute approximate surface area is 201 Å². The molecule has 0 bridgehead atoms. The van der Waals surface area contributed by atoms with E-state index >= 15 is 0 Å². The van der Waals surface area contributed by atoms with Crippen molar-refractivity contribution < 1.29 is 33.6 Å². The lowest BCUT2D eigenvalue weighted by Crippen LogP contribution is -2.56. The number of hydrogen-bond acceptors (Lipinski definition) is 8. The van der Waals surface area contributed by atoms with Gasteiger partial charge in [-0.2, -0.15) is 0 Å². The number of hydrogen-bond donors (Lipinski definition) is 1. The zero-order valence-corrected chi connectivity index (χ0v) is 19.7. The van der Waals surface area contributed by atoms with Crippen molar-refractivity contribution in [1.29, 1.82) is 0 Å². The molecule has 184 valence electrons. The molecule has 0 radical (unpaired) electrons. The molecular formula is C24H27FN5O5+. The summed E-state index contributed by atoms with van der Waals surface area (Å²) in [5.74, 6) is -0.407. The minimum absolute atomic E-state index is 0.0670. The highest BCUT2D eigenvalue weighted by molar-refractivity contribution is 5.90. The number of pyridine rings is 1. The number of benzene rings is 1. The summed E-state index contributed by atoms with van der Waals surface area (Å²) in [6.07, 6.45) is 0.242. The van der Waals surface area contributed by atoms with Crippen LogP contribution in [0.1, 0.15) is 19.7 Å². The lowest BCUT2D eigenvalue weighted by atomic mass is 9.96. The lowest BCUT2D eigenvalue weighted by molar-refractivity contribution is -0.379. The first-order valence-corrected chi connectivity index (χ1v) is 11.3. The van der Waals surface area contributed by atoms with E-state index in [4.69, 9.17) is 13.9 Å². The molecule has 0 spiro atoms. The molecule has 2 aromatic heterocycles. The van der Waals surface area contributed by atoms with E-state index in [9.17, 15) is 14.0 Å². The molecule has 1 fully saturated rings. The third-order valence-corrected chi connectivity index (χ3v) is 5.79. The zero-order chi connectivity index (χ0) is 25.1. The number of ether oxygens (including phenoxy) is 2. The number of cyclic esters (lactones) is 1. The Kier molecular flexibility index (Phi) is 7.06. The van der Waals surface area contributed by atoms with Gasteiger partial charge in [0.15, 0.2) is 6.10 Å². The summed E-state index contributed by atoms with van der Waals surface area (Å²) in [7, 11) is 0. The van der Waals surface area contributed by atoms with E-state index in [-0.39, 0.29) is 36.8 Å². The van der Waals surface area contributed by atoms with E-state index in [1.165, 1.54) is 17.2 Å². The molecule has 3 heterocycles. The van der Waals surface area contributed by atoms with Crippen molar-refractivity contribution >= 4 is 17.7 Å². The number of esters is 1. The maximum Gasteiger partial charge on any atom is 0.414 e. The first-order valence-electron chi connectivity index (χ1n) is 11.3. The Balaban J connectivity index is 1.42. The van der Waals surface area contributed by atoms with Crippen LogP contribution in [-0.4, -0.2) is 53.0 Å². The third-order valence-electron chi connectivity index (χ3n) is 5.79. The first-order chi connectivity index (χ1) is 16.8. The number of carbonyl (C=O) groups excluding carboxylic acids is 2. The second-order valence-electron chi connectivity index (χ2n) is 8.61. The van der Waals surface area contributed by atoms with Gasteiger partial charge < -0.3 is 19.6 Å². The molecule has 3 aromatic rings. The van der Waals surface area contributed by atoms with Gasteiger partial charge in [0.25, 0.3) is 5.89 Å². The highest BCUT2D eigenvalue weighted by atomic mass is 19.1. The highest BCUT2D eigenvalue weighted by Gasteiger charge is 2.34. The smallest absolute Gasteiger partial charge is 0.414 e. The van der Waals surface area contributed by atoms with Crippen molar-refractivity contribution in [1.82, 2.24) is 15.2 Å². The SMILES string of the molecule is Cc1nnc(-c2ccc(-c3ccc(N4CC(COC(=O)C(C[NH3+])C(C)C)OC4=O)cc3F)cn2)o1. The summed E-state index contributed by atoms with van der Waals surface area (Å²) < 4.78 is 31.0. The van der Waals surface area contributed by atoms with Crippen molar-refractivity contribution in [2.24, 2.45) is 11.8 Å². The molecular weight excluding hydrogens is 457 g/mol. The number of nitrogens with zero attached hydrogens (tertiary/aromatic N) is 4. The maximum absolute atomic E-state index is 15.0. The summed E-state index contributed by atoms with van der Waals surface area (Å²) in [6, 6.07) is 7.82. The Morgan fingerprint density at radius 1 is 1.29 bits per heavy atom. The van der Waals surface area contributed by atoms with Gasteiger partial charge in [0.2, 0.25) is 5.89 Å². The van der Waals surface area contributed by atoms with E-state index in [1.54, 1.807) is 31.2 Å². The van der Waals surface area contributed by atoms with Crippen molar-refractivity contribution in [3.05, 3.63) is 48.2 Å². The van der Waals surface area contributed by atoms with E-state index in [0.717, 1.165) is 0 Å². The minimum Gasteiger partial charge on any atom is -0.461 e. The number of quaternary nitrogens is 1. The van der Waals surface area contributed by atoms with Crippen LogP contribution >= 0.6 is 0 Å². The minimum atomic E-state index is -0.642. The monoisotopic (exact) mass is 484 g/mol. The first kappa shape index (κ1) is 24.3. The number of carbonyl (C=O) groups is 2. The summed E-state index contributed by atoms with van der Waals surface area (Å²) in [5.41, 5.74) is 5.47. The van der Waals surface area contributed by atoms with Gasteiger partial charge in [-0.3, -0.25) is 14.7 Å². The van der Waals surface area contributed by atoms with Crippen LogP contribution in [0.25, 0.3) is 22.7 Å². The van der Waals surface area contributed by atoms with Gasteiger partial charge in [-0.25, -0.2) is 9.18 Å². The van der Waals surface area contributed by atoms with Crippen LogP contribution in [0.15, 0.2) is 40.9 Å². The molecule has 2 atom stereocenters. The molecule has 0 aliphatic carbocycles. The fourth-order valence-corrected chi connectivity index (χ4v) is 3.81. The van der Waals surface area contributed by atoms with Gasteiger partial charge in [0, 0.05) is 24.2 Å².